The van der Waals surface area contributed by atoms with E-state index in [1.54, 1.807) is 0 Å². The van der Waals surface area contributed by atoms with E-state index < -0.39 is 10.8 Å². The Morgan fingerprint density at radius 1 is 1.54 bits per heavy atom. The van der Waals surface area contributed by atoms with Crippen molar-refractivity contribution in [2.24, 2.45) is 5.41 Å². The second-order valence-electron chi connectivity index (χ2n) is 4.43. The van der Waals surface area contributed by atoms with Gasteiger partial charge >= 0.3 is 0 Å². The highest BCUT2D eigenvalue weighted by Crippen LogP contribution is 2.27. The van der Waals surface area contributed by atoms with E-state index in [-0.39, 0.29) is 11.5 Å². The van der Waals surface area contributed by atoms with Crippen LogP contribution >= 0.6 is 0 Å². The van der Waals surface area contributed by atoms with Crippen molar-refractivity contribution >= 4 is 10.8 Å². The monoisotopic (exact) mass is 202 g/mol. The Morgan fingerprint density at radius 3 is 2.54 bits per heavy atom. The van der Waals surface area contributed by atoms with Crippen molar-refractivity contribution in [2.45, 2.75) is 33.8 Å². The maximum atomic E-state index is 11.6. The van der Waals surface area contributed by atoms with Gasteiger partial charge in [0.25, 0.3) is 0 Å². The summed E-state index contributed by atoms with van der Waals surface area (Å²) in [6.45, 7) is 8.81. The van der Waals surface area contributed by atoms with Gasteiger partial charge in [0, 0.05) is 4.91 Å². The van der Waals surface area contributed by atoms with Gasteiger partial charge < -0.3 is 4.74 Å². The maximum absolute atomic E-state index is 11.6. The maximum Gasteiger partial charge on any atom is 0.0801 e. The predicted octanol–water partition coefficient (Wildman–Crippen LogP) is 2.08. The van der Waals surface area contributed by atoms with Crippen molar-refractivity contribution in [2.75, 3.05) is 12.4 Å². The van der Waals surface area contributed by atoms with Crippen molar-refractivity contribution in [1.82, 2.24) is 0 Å². The summed E-state index contributed by atoms with van der Waals surface area (Å²) in [6.07, 6.45) is 2.02. The minimum atomic E-state index is -0.818. The van der Waals surface area contributed by atoms with Gasteiger partial charge in [-0.05, 0) is 12.3 Å². The van der Waals surface area contributed by atoms with Crippen LogP contribution in [0.15, 0.2) is 11.0 Å². The minimum absolute atomic E-state index is 0.0922. The van der Waals surface area contributed by atoms with E-state index in [0.29, 0.717) is 12.4 Å². The van der Waals surface area contributed by atoms with Gasteiger partial charge in [-0.1, -0.05) is 26.8 Å². The Morgan fingerprint density at radius 2 is 2.15 bits per heavy atom. The Hall–Kier alpha value is -0.150. The highest BCUT2D eigenvalue weighted by molar-refractivity contribution is 7.89. The number of hydrogen-bond acceptors (Lipinski definition) is 2. The lowest BCUT2D eigenvalue weighted by molar-refractivity contribution is 0.00772. The highest BCUT2D eigenvalue weighted by Gasteiger charge is 2.31. The smallest absolute Gasteiger partial charge is 0.0801 e. The second-order valence-corrected chi connectivity index (χ2v) is 5.98. The van der Waals surface area contributed by atoms with E-state index in [1.807, 2.05) is 13.0 Å². The lowest BCUT2D eigenvalue weighted by Crippen LogP contribution is -2.39. The van der Waals surface area contributed by atoms with Gasteiger partial charge in [-0.25, -0.2) is 0 Å². The molecule has 0 N–H and O–H groups in total. The van der Waals surface area contributed by atoms with E-state index >= 15 is 0 Å². The lowest BCUT2D eigenvalue weighted by Gasteiger charge is -2.34. The van der Waals surface area contributed by atoms with Crippen LogP contribution < -0.4 is 0 Å². The van der Waals surface area contributed by atoms with Crippen LogP contribution in [-0.4, -0.2) is 22.7 Å². The molecule has 0 saturated carbocycles. The molecule has 13 heavy (non-hydrogen) atoms. The molecule has 1 saturated heterocycles. The Labute approximate surface area is 82.8 Å². The van der Waals surface area contributed by atoms with E-state index in [2.05, 4.69) is 20.8 Å². The van der Waals surface area contributed by atoms with Gasteiger partial charge in [0.05, 0.1) is 29.3 Å². The lowest BCUT2D eigenvalue weighted by atomic mass is 9.90. The molecule has 0 aromatic heterocycles. The van der Waals surface area contributed by atoms with E-state index in [9.17, 15) is 4.21 Å². The molecular weight excluding hydrogens is 184 g/mol. The summed E-state index contributed by atoms with van der Waals surface area (Å²) in [5.41, 5.74) is 0.0922. The third kappa shape index (κ3) is 2.64. The van der Waals surface area contributed by atoms with Gasteiger partial charge in [-0.2, -0.15) is 0 Å². The zero-order valence-corrected chi connectivity index (χ0v) is 9.61. The Bertz CT molecular complexity index is 238. The first-order chi connectivity index (χ1) is 5.95. The summed E-state index contributed by atoms with van der Waals surface area (Å²) < 4.78 is 17.3. The van der Waals surface area contributed by atoms with E-state index in [1.165, 1.54) is 0 Å². The first-order valence-electron chi connectivity index (χ1n) is 4.60. The molecular formula is C10H18O2S. The number of rotatable bonds is 0. The van der Waals surface area contributed by atoms with Crippen LogP contribution in [0.2, 0.25) is 0 Å². The molecule has 0 spiro atoms. The second kappa shape index (κ2) is 3.93. The topological polar surface area (TPSA) is 26.3 Å². The largest absolute Gasteiger partial charge is 0.371 e. The molecule has 0 aliphatic carbocycles. The quantitative estimate of drug-likeness (QED) is 0.601. The van der Waals surface area contributed by atoms with Crippen LogP contribution in [0.3, 0.4) is 0 Å². The molecule has 0 amide bonds. The predicted molar refractivity (Wildman–Crippen MR) is 56.0 cm³/mol. The van der Waals surface area contributed by atoms with Gasteiger partial charge in [-0.15, -0.1) is 0 Å². The average molecular weight is 202 g/mol. The van der Waals surface area contributed by atoms with E-state index in [4.69, 9.17) is 4.74 Å². The molecule has 0 aromatic carbocycles. The summed E-state index contributed by atoms with van der Waals surface area (Å²) in [7, 11) is -0.818. The molecule has 1 aliphatic heterocycles. The molecule has 1 unspecified atom stereocenters. The molecule has 2 nitrogen and oxygen atoms in total. The Balaban J connectivity index is 2.67. The number of hydrogen-bond donors (Lipinski definition) is 0. The average Bonchev–Trinajstić information content (AvgIpc) is 2.02. The normalized spacial score (nSPS) is 33.7. The zero-order valence-electron chi connectivity index (χ0n) is 8.79. The summed E-state index contributed by atoms with van der Waals surface area (Å²) in [6, 6.07) is 0. The molecule has 0 radical (unpaired) electrons. The fraction of sp³-hybridized carbons (Fsp3) is 0.800. The molecule has 0 aromatic rings. The summed E-state index contributed by atoms with van der Waals surface area (Å²) >= 11 is 0. The van der Waals surface area contributed by atoms with Gasteiger partial charge in [0.1, 0.15) is 0 Å². The fourth-order valence-electron chi connectivity index (χ4n) is 1.26. The molecule has 2 atom stereocenters. The molecule has 76 valence electrons. The summed E-state index contributed by atoms with van der Waals surface area (Å²) in [5, 5.41) is 0. The molecule has 1 heterocycles. The summed E-state index contributed by atoms with van der Waals surface area (Å²) in [5.74, 6) is 0.642. The van der Waals surface area contributed by atoms with Crippen molar-refractivity contribution in [3.05, 3.63) is 11.0 Å². The third-order valence-electron chi connectivity index (χ3n) is 2.31. The van der Waals surface area contributed by atoms with Gasteiger partial charge in [-0.3, -0.25) is 4.21 Å². The third-order valence-corrected chi connectivity index (χ3v) is 3.85. The Kier molecular flexibility index (Phi) is 3.30. The molecule has 1 rings (SSSR count). The first-order valence-corrected chi connectivity index (χ1v) is 5.92. The van der Waals surface area contributed by atoms with Crippen LogP contribution in [0.5, 0.6) is 0 Å². The van der Waals surface area contributed by atoms with Crippen molar-refractivity contribution in [3.8, 4) is 0 Å². The number of allylic oxidation sites excluding steroid dienone is 1. The minimum Gasteiger partial charge on any atom is -0.371 e. The summed E-state index contributed by atoms with van der Waals surface area (Å²) in [4.78, 5) is 0.931. The van der Waals surface area contributed by atoms with Crippen LogP contribution in [-0.2, 0) is 15.5 Å². The van der Waals surface area contributed by atoms with E-state index in [0.717, 1.165) is 4.91 Å². The van der Waals surface area contributed by atoms with Crippen molar-refractivity contribution in [3.63, 3.8) is 0 Å². The molecule has 3 heteroatoms. The fourth-order valence-corrected chi connectivity index (χ4v) is 2.80. The van der Waals surface area contributed by atoms with Crippen molar-refractivity contribution in [1.29, 1.82) is 0 Å². The van der Waals surface area contributed by atoms with Crippen molar-refractivity contribution < 1.29 is 8.95 Å². The van der Waals surface area contributed by atoms with Crippen LogP contribution in [0.1, 0.15) is 27.7 Å². The zero-order chi connectivity index (χ0) is 10.1. The molecule has 1 fully saturated rings. The molecule has 0 bridgehead atoms. The van der Waals surface area contributed by atoms with Crippen LogP contribution in [0.4, 0.5) is 0 Å². The number of ether oxygens (including phenoxy) is 1. The first kappa shape index (κ1) is 10.9. The van der Waals surface area contributed by atoms with Crippen LogP contribution in [0.25, 0.3) is 0 Å². The standard InChI is InChI=1S/C10H18O2S/c1-5-8-6-12-9(7-13(8)11)10(2,3)4/h5,9H,6-7H2,1-4H3/b8-5-/t9-,13?/m0/s1. The van der Waals surface area contributed by atoms with Crippen LogP contribution in [0, 0.1) is 5.41 Å². The SMILES string of the molecule is C/C=C1/CO[C@H](C(C)(C)C)CS1=O. The van der Waals surface area contributed by atoms with Gasteiger partial charge in [0.15, 0.2) is 0 Å². The van der Waals surface area contributed by atoms with Gasteiger partial charge in [0.2, 0.25) is 0 Å². The highest BCUT2D eigenvalue weighted by atomic mass is 32.2. The molecule has 1 aliphatic rings.